The van der Waals surface area contributed by atoms with Gasteiger partial charge in [-0.3, -0.25) is 9.52 Å². The SMILES string of the molecule is CC(C)(C(=O)O)c1csc(NS(=O)(=O)C2CCCC2)n1. The largest absolute Gasteiger partial charge is 0.481 e. The summed E-state index contributed by atoms with van der Waals surface area (Å²) in [6, 6.07) is 0. The van der Waals surface area contributed by atoms with Crippen molar-refractivity contribution in [2.45, 2.75) is 50.2 Å². The normalized spacial score (nSPS) is 17.3. The number of aromatic nitrogens is 1. The molecule has 2 N–H and O–H groups in total. The molecule has 0 spiro atoms. The van der Waals surface area contributed by atoms with E-state index in [1.54, 1.807) is 19.2 Å². The highest BCUT2D eigenvalue weighted by molar-refractivity contribution is 7.93. The number of aliphatic carboxylic acids is 1. The lowest BCUT2D eigenvalue weighted by Crippen LogP contribution is -2.29. The van der Waals surface area contributed by atoms with Crippen molar-refractivity contribution < 1.29 is 18.3 Å². The van der Waals surface area contributed by atoms with Crippen LogP contribution in [0.3, 0.4) is 0 Å². The lowest BCUT2D eigenvalue weighted by Gasteiger charge is -2.15. The molecule has 0 unspecified atom stereocenters. The number of rotatable bonds is 5. The Morgan fingerprint density at radius 1 is 1.45 bits per heavy atom. The minimum absolute atomic E-state index is 0.237. The maximum Gasteiger partial charge on any atom is 0.315 e. The van der Waals surface area contributed by atoms with E-state index in [1.807, 2.05) is 0 Å². The standard InChI is InChI=1S/C12H18N2O4S2/c1-12(2,10(15)16)9-7-19-11(13-9)14-20(17,18)8-5-3-4-6-8/h7-8H,3-6H2,1-2H3,(H,13,14)(H,15,16). The number of nitrogens with one attached hydrogen (secondary N) is 1. The average Bonchev–Trinajstić information content (AvgIpc) is 2.98. The molecule has 1 aliphatic carbocycles. The molecule has 0 bridgehead atoms. The quantitative estimate of drug-likeness (QED) is 0.867. The average molecular weight is 318 g/mol. The monoisotopic (exact) mass is 318 g/mol. The van der Waals surface area contributed by atoms with E-state index in [4.69, 9.17) is 5.11 Å². The van der Waals surface area contributed by atoms with Crippen LogP contribution < -0.4 is 4.72 Å². The van der Waals surface area contributed by atoms with Crippen molar-refractivity contribution in [3.63, 3.8) is 0 Å². The van der Waals surface area contributed by atoms with Crippen LogP contribution in [0.2, 0.25) is 0 Å². The number of sulfonamides is 1. The number of carboxylic acids is 1. The van der Waals surface area contributed by atoms with Gasteiger partial charge in [-0.1, -0.05) is 12.8 Å². The summed E-state index contributed by atoms with van der Waals surface area (Å²) in [7, 11) is -3.41. The smallest absolute Gasteiger partial charge is 0.315 e. The fourth-order valence-electron chi connectivity index (χ4n) is 2.12. The van der Waals surface area contributed by atoms with Gasteiger partial charge >= 0.3 is 5.97 Å². The maximum atomic E-state index is 12.1. The third kappa shape index (κ3) is 2.95. The zero-order valence-electron chi connectivity index (χ0n) is 11.4. The Bertz CT molecular complexity index is 601. The Labute approximate surface area is 122 Å². The van der Waals surface area contributed by atoms with Crippen molar-refractivity contribution in [1.29, 1.82) is 0 Å². The van der Waals surface area contributed by atoms with Crippen molar-refractivity contribution in [3.05, 3.63) is 11.1 Å². The van der Waals surface area contributed by atoms with Crippen LogP contribution in [0.5, 0.6) is 0 Å². The first-order valence-electron chi connectivity index (χ1n) is 6.44. The molecular weight excluding hydrogens is 300 g/mol. The summed E-state index contributed by atoms with van der Waals surface area (Å²) in [5.74, 6) is -0.993. The first-order valence-corrected chi connectivity index (χ1v) is 8.87. The Morgan fingerprint density at radius 2 is 2.05 bits per heavy atom. The van der Waals surface area contributed by atoms with E-state index in [0.29, 0.717) is 18.5 Å². The molecule has 8 heteroatoms. The van der Waals surface area contributed by atoms with Crippen LogP contribution >= 0.6 is 11.3 Å². The molecule has 6 nitrogen and oxygen atoms in total. The van der Waals surface area contributed by atoms with Gasteiger partial charge in [0.1, 0.15) is 5.41 Å². The lowest BCUT2D eigenvalue weighted by atomic mass is 9.91. The van der Waals surface area contributed by atoms with E-state index in [1.165, 1.54) is 0 Å². The van der Waals surface area contributed by atoms with Crippen molar-refractivity contribution in [2.24, 2.45) is 0 Å². The summed E-state index contributed by atoms with van der Waals surface area (Å²) in [5, 5.41) is 10.6. The highest BCUT2D eigenvalue weighted by Gasteiger charge is 2.33. The molecule has 0 aromatic carbocycles. The summed E-state index contributed by atoms with van der Waals surface area (Å²) in [5.41, 5.74) is -0.771. The van der Waals surface area contributed by atoms with E-state index < -0.39 is 21.4 Å². The number of thiazole rings is 1. The van der Waals surface area contributed by atoms with E-state index in [2.05, 4.69) is 9.71 Å². The Hall–Kier alpha value is -1.15. The van der Waals surface area contributed by atoms with Crippen LogP contribution in [0.4, 0.5) is 5.13 Å². The van der Waals surface area contributed by atoms with Crippen LogP contribution in [0.15, 0.2) is 5.38 Å². The first kappa shape index (κ1) is 15.2. The van der Waals surface area contributed by atoms with E-state index in [0.717, 1.165) is 24.2 Å². The zero-order chi connectivity index (χ0) is 15.0. The van der Waals surface area contributed by atoms with Crippen molar-refractivity contribution >= 4 is 32.5 Å². The molecule has 2 rings (SSSR count). The van der Waals surface area contributed by atoms with Gasteiger partial charge in [0.05, 0.1) is 10.9 Å². The van der Waals surface area contributed by atoms with Crippen molar-refractivity contribution in [1.82, 2.24) is 4.98 Å². The molecule has 1 saturated carbocycles. The van der Waals surface area contributed by atoms with Gasteiger partial charge in [-0.25, -0.2) is 13.4 Å². The lowest BCUT2D eigenvalue weighted by molar-refractivity contribution is -0.142. The van der Waals surface area contributed by atoms with Crippen LogP contribution in [0, 0.1) is 0 Å². The zero-order valence-corrected chi connectivity index (χ0v) is 13.1. The Balaban J connectivity index is 2.16. The highest BCUT2D eigenvalue weighted by atomic mass is 32.2. The van der Waals surface area contributed by atoms with E-state index in [-0.39, 0.29) is 10.4 Å². The molecule has 1 aromatic heterocycles. The molecule has 0 saturated heterocycles. The number of nitrogens with zero attached hydrogens (tertiary/aromatic N) is 1. The van der Waals surface area contributed by atoms with Gasteiger partial charge in [0.2, 0.25) is 10.0 Å². The number of anilines is 1. The molecule has 0 radical (unpaired) electrons. The van der Waals surface area contributed by atoms with Gasteiger partial charge in [-0.2, -0.15) is 0 Å². The summed E-state index contributed by atoms with van der Waals surface area (Å²) >= 11 is 1.11. The molecule has 112 valence electrons. The number of hydrogen-bond donors (Lipinski definition) is 2. The molecule has 0 amide bonds. The molecule has 1 aliphatic rings. The third-order valence-electron chi connectivity index (χ3n) is 3.65. The second-order valence-corrected chi connectivity index (χ2v) is 8.34. The second kappa shape index (κ2) is 5.33. The molecule has 1 aromatic rings. The number of carbonyl (C=O) groups is 1. The topological polar surface area (TPSA) is 96.4 Å². The van der Waals surface area contributed by atoms with Crippen LogP contribution in [0.1, 0.15) is 45.2 Å². The van der Waals surface area contributed by atoms with E-state index >= 15 is 0 Å². The van der Waals surface area contributed by atoms with Gasteiger partial charge in [-0.15, -0.1) is 11.3 Å². The minimum Gasteiger partial charge on any atom is -0.481 e. The molecule has 1 fully saturated rings. The highest BCUT2D eigenvalue weighted by Crippen LogP contribution is 2.30. The fourth-order valence-corrected chi connectivity index (χ4v) is 4.79. The predicted octanol–water partition coefficient (Wildman–Crippen LogP) is 2.19. The molecular formula is C12H18N2O4S2. The second-order valence-electron chi connectivity index (χ2n) is 5.52. The van der Waals surface area contributed by atoms with Crippen LogP contribution in [0.25, 0.3) is 0 Å². The van der Waals surface area contributed by atoms with E-state index in [9.17, 15) is 13.2 Å². The summed E-state index contributed by atoms with van der Waals surface area (Å²) in [6.07, 6.45) is 3.21. The van der Waals surface area contributed by atoms with Gasteiger partial charge in [-0.05, 0) is 26.7 Å². The molecule has 20 heavy (non-hydrogen) atoms. The minimum atomic E-state index is -3.41. The molecule has 0 atom stereocenters. The summed E-state index contributed by atoms with van der Waals surface area (Å²) in [6.45, 7) is 3.08. The predicted molar refractivity (Wildman–Crippen MR) is 77.6 cm³/mol. The number of hydrogen-bond acceptors (Lipinski definition) is 5. The van der Waals surface area contributed by atoms with Gasteiger partial charge in [0, 0.05) is 5.38 Å². The third-order valence-corrected chi connectivity index (χ3v) is 6.36. The van der Waals surface area contributed by atoms with Crippen LogP contribution in [-0.2, 0) is 20.2 Å². The Kier molecular flexibility index (Phi) is 4.06. The van der Waals surface area contributed by atoms with Crippen LogP contribution in [-0.4, -0.2) is 29.7 Å². The molecule has 1 heterocycles. The summed E-state index contributed by atoms with van der Waals surface area (Å²) in [4.78, 5) is 15.3. The first-order chi connectivity index (χ1) is 9.23. The van der Waals surface area contributed by atoms with Crippen molar-refractivity contribution in [3.8, 4) is 0 Å². The summed E-state index contributed by atoms with van der Waals surface area (Å²) < 4.78 is 26.7. The molecule has 0 aliphatic heterocycles. The van der Waals surface area contributed by atoms with Crippen molar-refractivity contribution in [2.75, 3.05) is 4.72 Å². The maximum absolute atomic E-state index is 12.1. The Morgan fingerprint density at radius 3 is 2.60 bits per heavy atom. The van der Waals surface area contributed by atoms with Gasteiger partial charge in [0.25, 0.3) is 0 Å². The van der Waals surface area contributed by atoms with Gasteiger partial charge < -0.3 is 5.11 Å². The van der Waals surface area contributed by atoms with Gasteiger partial charge in [0.15, 0.2) is 5.13 Å². The fraction of sp³-hybridized carbons (Fsp3) is 0.667. The number of carboxylic acid groups (broad SMARTS) is 1.